The van der Waals surface area contributed by atoms with Gasteiger partial charge in [0.25, 0.3) is 0 Å². The topological polar surface area (TPSA) is 106 Å². The summed E-state index contributed by atoms with van der Waals surface area (Å²) in [7, 11) is 1.45. The van der Waals surface area contributed by atoms with E-state index in [0.717, 1.165) is 10.8 Å². The van der Waals surface area contributed by atoms with E-state index in [-0.39, 0.29) is 16.3 Å². The van der Waals surface area contributed by atoms with Crippen LogP contribution in [0.15, 0.2) is 90.0 Å². The second-order valence-corrected chi connectivity index (χ2v) is 7.83. The van der Waals surface area contributed by atoms with E-state index in [1.54, 1.807) is 60.7 Å². The molecular formula is C27H20ClN3O5. The molecule has 0 spiro atoms. The molecule has 0 unspecified atom stereocenters. The van der Waals surface area contributed by atoms with Gasteiger partial charge in [-0.3, -0.25) is 9.59 Å². The Balaban J connectivity index is 1.55. The molecule has 4 aromatic rings. The van der Waals surface area contributed by atoms with Crippen LogP contribution in [-0.2, 0) is 9.59 Å². The maximum Gasteiger partial charge on any atom is 0.345 e. The molecule has 4 aromatic carbocycles. The second kappa shape index (κ2) is 11.2. The Bertz CT molecular complexity index is 1490. The lowest BCUT2D eigenvalue weighted by Gasteiger charge is -2.11. The number of rotatable bonds is 6. The van der Waals surface area contributed by atoms with Crippen LogP contribution in [0.2, 0.25) is 5.02 Å². The first-order chi connectivity index (χ1) is 17.5. The maximum atomic E-state index is 12.7. The minimum absolute atomic E-state index is 0.204. The van der Waals surface area contributed by atoms with Crippen molar-refractivity contribution in [3.05, 3.63) is 101 Å². The number of hydrazone groups is 1. The van der Waals surface area contributed by atoms with E-state index in [0.29, 0.717) is 17.0 Å². The standard InChI is InChI=1S/C27H20ClN3O5/c1-35-24-13-7-6-12-22(24)30-25(32)26(33)31-29-16-20-18-9-3-2-8-17(18)14-15-23(20)36-27(34)19-10-4-5-11-21(19)28/h2-16H,1H3,(H,30,32)(H,31,33)/b29-16+. The predicted octanol–water partition coefficient (Wildman–Crippen LogP) is 4.81. The lowest BCUT2D eigenvalue weighted by molar-refractivity contribution is -0.136. The number of para-hydroxylation sites is 2. The number of nitrogens with zero attached hydrogens (tertiary/aromatic N) is 1. The quantitative estimate of drug-likeness (QED) is 0.130. The van der Waals surface area contributed by atoms with E-state index in [1.165, 1.54) is 13.3 Å². The average molecular weight is 502 g/mol. The van der Waals surface area contributed by atoms with Gasteiger partial charge in [0.2, 0.25) is 0 Å². The molecule has 0 aliphatic heterocycles. The maximum absolute atomic E-state index is 12.7. The molecule has 0 saturated heterocycles. The third-order valence-corrected chi connectivity index (χ3v) is 5.48. The van der Waals surface area contributed by atoms with Crippen LogP contribution in [0.1, 0.15) is 15.9 Å². The van der Waals surface area contributed by atoms with Crippen molar-refractivity contribution in [3.8, 4) is 11.5 Å². The van der Waals surface area contributed by atoms with Gasteiger partial charge in [-0.2, -0.15) is 5.10 Å². The van der Waals surface area contributed by atoms with Crippen molar-refractivity contribution in [2.24, 2.45) is 5.10 Å². The van der Waals surface area contributed by atoms with Crippen LogP contribution >= 0.6 is 11.6 Å². The number of hydrogen-bond acceptors (Lipinski definition) is 6. The minimum Gasteiger partial charge on any atom is -0.495 e. The smallest absolute Gasteiger partial charge is 0.345 e. The Hall–Kier alpha value is -4.69. The van der Waals surface area contributed by atoms with Crippen molar-refractivity contribution in [1.82, 2.24) is 5.43 Å². The van der Waals surface area contributed by atoms with E-state index in [4.69, 9.17) is 21.1 Å². The van der Waals surface area contributed by atoms with Gasteiger partial charge in [0.1, 0.15) is 11.5 Å². The molecule has 9 heteroatoms. The number of esters is 1. The molecule has 0 radical (unpaired) electrons. The number of hydrogen-bond donors (Lipinski definition) is 2. The largest absolute Gasteiger partial charge is 0.495 e. The van der Waals surface area contributed by atoms with Gasteiger partial charge in [0.15, 0.2) is 0 Å². The third kappa shape index (κ3) is 5.51. The summed E-state index contributed by atoms with van der Waals surface area (Å²) in [5.74, 6) is -1.96. The predicted molar refractivity (Wildman–Crippen MR) is 138 cm³/mol. The van der Waals surface area contributed by atoms with Crippen LogP contribution in [-0.4, -0.2) is 31.1 Å². The second-order valence-electron chi connectivity index (χ2n) is 7.42. The monoisotopic (exact) mass is 501 g/mol. The number of carbonyl (C=O) groups is 3. The summed E-state index contributed by atoms with van der Waals surface area (Å²) in [6, 6.07) is 24.0. The summed E-state index contributed by atoms with van der Waals surface area (Å²) in [6.45, 7) is 0. The van der Waals surface area contributed by atoms with Crippen molar-refractivity contribution in [2.45, 2.75) is 0 Å². The summed E-state index contributed by atoms with van der Waals surface area (Å²) >= 11 is 6.12. The lowest BCUT2D eigenvalue weighted by Crippen LogP contribution is -2.32. The first-order valence-electron chi connectivity index (χ1n) is 10.7. The minimum atomic E-state index is -0.994. The van der Waals surface area contributed by atoms with Crippen LogP contribution < -0.4 is 20.2 Å². The highest BCUT2D eigenvalue weighted by atomic mass is 35.5. The van der Waals surface area contributed by atoms with E-state index in [1.807, 2.05) is 24.3 Å². The molecule has 0 aromatic heterocycles. The molecule has 4 rings (SSSR count). The summed E-state index contributed by atoms with van der Waals surface area (Å²) in [5.41, 5.74) is 3.17. The van der Waals surface area contributed by atoms with Crippen molar-refractivity contribution in [3.63, 3.8) is 0 Å². The molecule has 2 N–H and O–H groups in total. The molecule has 0 atom stereocenters. The molecule has 36 heavy (non-hydrogen) atoms. The Morgan fingerprint density at radius 2 is 1.56 bits per heavy atom. The SMILES string of the molecule is COc1ccccc1NC(=O)C(=O)N/N=C/c1c(OC(=O)c2ccccc2Cl)ccc2ccccc12. The number of halogens is 1. The highest BCUT2D eigenvalue weighted by Crippen LogP contribution is 2.28. The van der Waals surface area contributed by atoms with Crippen LogP contribution in [0.4, 0.5) is 5.69 Å². The Morgan fingerprint density at radius 3 is 2.36 bits per heavy atom. The van der Waals surface area contributed by atoms with Crippen molar-refractivity contribution in [2.75, 3.05) is 12.4 Å². The third-order valence-electron chi connectivity index (χ3n) is 5.15. The van der Waals surface area contributed by atoms with Crippen LogP contribution in [0, 0.1) is 0 Å². The van der Waals surface area contributed by atoms with E-state index < -0.39 is 17.8 Å². The molecular weight excluding hydrogens is 482 g/mol. The number of ether oxygens (including phenoxy) is 2. The van der Waals surface area contributed by atoms with Gasteiger partial charge in [-0.25, -0.2) is 10.2 Å². The van der Waals surface area contributed by atoms with Crippen LogP contribution in [0.5, 0.6) is 11.5 Å². The van der Waals surface area contributed by atoms with Gasteiger partial charge in [-0.1, -0.05) is 66.2 Å². The average Bonchev–Trinajstić information content (AvgIpc) is 2.90. The highest BCUT2D eigenvalue weighted by Gasteiger charge is 2.17. The number of methoxy groups -OCH3 is 1. The van der Waals surface area contributed by atoms with Gasteiger partial charge < -0.3 is 14.8 Å². The zero-order valence-corrected chi connectivity index (χ0v) is 19.8. The summed E-state index contributed by atoms with van der Waals surface area (Å²) in [4.78, 5) is 37.3. The van der Waals surface area contributed by atoms with Gasteiger partial charge >= 0.3 is 17.8 Å². The number of carbonyl (C=O) groups excluding carboxylic acids is 3. The molecule has 0 heterocycles. The zero-order valence-electron chi connectivity index (χ0n) is 19.0. The Kier molecular flexibility index (Phi) is 7.57. The molecule has 0 aliphatic rings. The molecule has 8 nitrogen and oxygen atoms in total. The number of amides is 2. The number of fused-ring (bicyclic) bond motifs is 1. The van der Waals surface area contributed by atoms with Crippen LogP contribution in [0.3, 0.4) is 0 Å². The summed E-state index contributed by atoms with van der Waals surface area (Å²) < 4.78 is 10.8. The fraction of sp³-hybridized carbons (Fsp3) is 0.0370. The van der Waals surface area contributed by atoms with Gasteiger partial charge in [0.05, 0.1) is 29.6 Å². The van der Waals surface area contributed by atoms with E-state index >= 15 is 0 Å². The molecule has 0 bridgehead atoms. The zero-order chi connectivity index (χ0) is 25.5. The number of anilines is 1. The van der Waals surface area contributed by atoms with E-state index in [9.17, 15) is 14.4 Å². The molecule has 0 aliphatic carbocycles. The molecule has 2 amide bonds. The number of nitrogens with one attached hydrogen (secondary N) is 2. The van der Waals surface area contributed by atoms with Crippen molar-refractivity contribution >= 4 is 52.1 Å². The van der Waals surface area contributed by atoms with Gasteiger partial charge in [-0.15, -0.1) is 0 Å². The molecule has 0 fully saturated rings. The number of benzene rings is 4. The van der Waals surface area contributed by atoms with E-state index in [2.05, 4.69) is 15.8 Å². The Labute approximate surface area is 211 Å². The first-order valence-corrected chi connectivity index (χ1v) is 11.1. The summed E-state index contributed by atoms with van der Waals surface area (Å²) in [6.07, 6.45) is 1.31. The van der Waals surface area contributed by atoms with Crippen molar-refractivity contribution < 1.29 is 23.9 Å². The Morgan fingerprint density at radius 1 is 0.833 bits per heavy atom. The van der Waals surface area contributed by atoms with Crippen LogP contribution in [0.25, 0.3) is 10.8 Å². The first kappa shape index (κ1) is 24.4. The van der Waals surface area contributed by atoms with Gasteiger partial charge in [-0.05, 0) is 41.1 Å². The lowest BCUT2D eigenvalue weighted by atomic mass is 10.0. The fourth-order valence-corrected chi connectivity index (χ4v) is 3.63. The normalized spacial score (nSPS) is 10.7. The summed E-state index contributed by atoms with van der Waals surface area (Å²) in [5, 5.41) is 8.23. The molecule has 0 saturated carbocycles. The highest BCUT2D eigenvalue weighted by molar-refractivity contribution is 6.39. The molecule has 180 valence electrons. The van der Waals surface area contributed by atoms with Gasteiger partial charge in [0, 0.05) is 5.56 Å². The fourth-order valence-electron chi connectivity index (χ4n) is 3.41. The van der Waals surface area contributed by atoms with Crippen molar-refractivity contribution in [1.29, 1.82) is 0 Å².